The molecular formula is C33H21N7. The molecule has 6 aromatic rings. The van der Waals surface area contributed by atoms with E-state index in [9.17, 15) is 0 Å². The summed E-state index contributed by atoms with van der Waals surface area (Å²) in [5, 5.41) is 5.09. The van der Waals surface area contributed by atoms with Gasteiger partial charge in [0, 0.05) is 49.1 Å². The normalized spacial score (nSPS) is 18.6. The van der Waals surface area contributed by atoms with Crippen molar-refractivity contribution in [3.63, 3.8) is 0 Å². The van der Waals surface area contributed by atoms with Gasteiger partial charge in [0.25, 0.3) is 0 Å². The smallest absolute Gasteiger partial charge is 0.170 e. The molecule has 0 radical (unpaired) electrons. The minimum atomic E-state index is -0.405. The van der Waals surface area contributed by atoms with E-state index in [1.807, 2.05) is 36.4 Å². The molecular weight excluding hydrogens is 494 g/mol. The largest absolute Gasteiger partial charge is 0.339 e. The molecule has 2 N–H and O–H groups in total. The van der Waals surface area contributed by atoms with E-state index >= 15 is 0 Å². The predicted molar refractivity (Wildman–Crippen MR) is 156 cm³/mol. The van der Waals surface area contributed by atoms with E-state index < -0.39 is 6.17 Å². The maximum atomic E-state index is 5.14. The topological polar surface area (TPSA) is 93.4 Å². The van der Waals surface area contributed by atoms with Crippen LogP contribution in [-0.4, -0.2) is 21.5 Å². The maximum Gasteiger partial charge on any atom is 0.170 e. The lowest BCUT2D eigenvalue weighted by Crippen LogP contribution is -2.14. The van der Waals surface area contributed by atoms with Gasteiger partial charge in [-0.15, -0.1) is 0 Å². The Labute approximate surface area is 227 Å². The van der Waals surface area contributed by atoms with E-state index in [4.69, 9.17) is 25.0 Å². The van der Waals surface area contributed by atoms with E-state index in [1.165, 1.54) is 0 Å². The molecule has 3 aliphatic heterocycles. The number of amidine groups is 1. The summed E-state index contributed by atoms with van der Waals surface area (Å²) in [6.45, 7) is 0. The molecule has 2 unspecified atom stereocenters. The number of benzene rings is 4. The van der Waals surface area contributed by atoms with Gasteiger partial charge in [-0.25, -0.2) is 20.0 Å². The molecule has 4 aromatic carbocycles. The SMILES string of the molecule is C1=c2[nH]c(c3ccccc23)=NC2N=C(N=c3[nH]c(c4ccccc34)=NC3N=C1c1ccccc13)c1ccccc12. The first-order valence-corrected chi connectivity index (χ1v) is 13.3. The molecule has 7 nitrogen and oxygen atoms in total. The zero-order chi connectivity index (χ0) is 26.2. The van der Waals surface area contributed by atoms with Gasteiger partial charge in [0.1, 0.15) is 16.5 Å². The van der Waals surface area contributed by atoms with Crippen LogP contribution < -0.4 is 21.8 Å². The van der Waals surface area contributed by atoms with Crippen molar-refractivity contribution in [2.24, 2.45) is 25.0 Å². The maximum absolute atomic E-state index is 5.14. The van der Waals surface area contributed by atoms with E-state index in [0.29, 0.717) is 5.84 Å². The van der Waals surface area contributed by atoms with Crippen LogP contribution in [0.5, 0.6) is 0 Å². The summed E-state index contributed by atoms with van der Waals surface area (Å²) < 4.78 is 0. The lowest BCUT2D eigenvalue weighted by atomic mass is 10.0. The number of aromatic nitrogens is 2. The van der Waals surface area contributed by atoms with Crippen LogP contribution in [0.2, 0.25) is 0 Å². The van der Waals surface area contributed by atoms with Crippen molar-refractivity contribution in [2.45, 2.75) is 12.3 Å². The Morgan fingerprint density at radius 1 is 0.475 bits per heavy atom. The third kappa shape index (κ3) is 3.09. The number of aliphatic imine (C=N–C) groups is 2. The fourth-order valence-electron chi connectivity index (χ4n) is 6.03. The van der Waals surface area contributed by atoms with Gasteiger partial charge in [-0.2, -0.15) is 0 Å². The fraction of sp³-hybridized carbons (Fsp3) is 0.0606. The predicted octanol–water partition coefficient (Wildman–Crippen LogP) is 3.96. The highest BCUT2D eigenvalue weighted by Crippen LogP contribution is 2.32. The number of hydrogen-bond acceptors (Lipinski definition) is 5. The lowest BCUT2D eigenvalue weighted by molar-refractivity contribution is 0.759. The molecule has 3 aliphatic rings. The van der Waals surface area contributed by atoms with E-state index in [-0.39, 0.29) is 6.17 Å². The van der Waals surface area contributed by atoms with E-state index in [1.54, 1.807) is 0 Å². The standard InChI is InChI=1S/C33H21N7/c1-3-11-20-18(9-1)26-17-27-19-10-2-4-12-21(19)29(35-27)37-31-23-14-6-8-16-25(23)33(39-31)40-32-24-15-7-5-13-22(24)30(38-32)36-28(20)34-26/h1-17,28,31H,(H,35,37)(H,36,38,39,40). The summed E-state index contributed by atoms with van der Waals surface area (Å²) in [5.74, 6) is 0.657. The summed E-state index contributed by atoms with van der Waals surface area (Å²) in [6, 6.07) is 33.0. The molecule has 0 aliphatic carbocycles. The van der Waals surface area contributed by atoms with Crippen LogP contribution in [0.3, 0.4) is 0 Å². The Morgan fingerprint density at radius 3 is 1.80 bits per heavy atom. The summed E-state index contributed by atoms with van der Waals surface area (Å²) in [4.78, 5) is 32.6. The molecule has 2 atom stereocenters. The first-order chi connectivity index (χ1) is 19.8. The molecule has 0 fully saturated rings. The number of H-pyrrole nitrogens is 2. The number of nitrogens with zero attached hydrogens (tertiary/aromatic N) is 5. The second kappa shape index (κ2) is 8.04. The molecule has 188 valence electrons. The van der Waals surface area contributed by atoms with Crippen molar-refractivity contribution < 1.29 is 0 Å². The highest BCUT2D eigenvalue weighted by Gasteiger charge is 2.26. The zero-order valence-corrected chi connectivity index (χ0v) is 21.2. The molecule has 8 bridgehead atoms. The Balaban J connectivity index is 1.43. The fourth-order valence-corrected chi connectivity index (χ4v) is 6.03. The quantitative estimate of drug-likeness (QED) is 0.307. The van der Waals surface area contributed by atoms with Crippen molar-refractivity contribution in [1.82, 2.24) is 9.97 Å². The van der Waals surface area contributed by atoms with Crippen LogP contribution in [0.25, 0.3) is 27.6 Å². The molecule has 9 rings (SSSR count). The van der Waals surface area contributed by atoms with E-state index in [2.05, 4.69) is 76.7 Å². The van der Waals surface area contributed by atoms with Gasteiger partial charge in [0.2, 0.25) is 0 Å². The molecule has 0 saturated carbocycles. The Morgan fingerprint density at radius 2 is 1.02 bits per heavy atom. The minimum Gasteiger partial charge on any atom is -0.339 e. The van der Waals surface area contributed by atoms with Gasteiger partial charge in [0.15, 0.2) is 18.2 Å². The minimum absolute atomic E-state index is 0.371. The Bertz CT molecular complexity index is 2190. The average molecular weight is 516 g/mol. The van der Waals surface area contributed by atoms with Gasteiger partial charge in [-0.1, -0.05) is 97.1 Å². The third-order valence-electron chi connectivity index (χ3n) is 7.90. The molecule has 7 heteroatoms. The zero-order valence-electron chi connectivity index (χ0n) is 21.2. The Kier molecular flexibility index (Phi) is 4.32. The van der Waals surface area contributed by atoms with Gasteiger partial charge in [-0.05, 0) is 6.08 Å². The summed E-state index contributed by atoms with van der Waals surface area (Å²) >= 11 is 0. The number of fused-ring (bicyclic) bond motifs is 18. The second-order valence-corrected chi connectivity index (χ2v) is 10.2. The summed E-state index contributed by atoms with van der Waals surface area (Å²) in [5.41, 5.74) is 7.34. The lowest BCUT2D eigenvalue weighted by Gasteiger charge is -2.03. The van der Waals surface area contributed by atoms with Crippen molar-refractivity contribution in [2.75, 3.05) is 0 Å². The monoisotopic (exact) mass is 515 g/mol. The number of aromatic amines is 2. The van der Waals surface area contributed by atoms with Crippen LogP contribution in [-0.2, 0) is 0 Å². The van der Waals surface area contributed by atoms with Gasteiger partial charge >= 0.3 is 0 Å². The summed E-state index contributed by atoms with van der Waals surface area (Å²) in [6.07, 6.45) is 1.34. The van der Waals surface area contributed by atoms with Crippen LogP contribution in [0, 0.1) is 0 Å². The molecule has 0 amide bonds. The Hall–Kier alpha value is -5.43. The first-order valence-electron chi connectivity index (χ1n) is 13.3. The molecule has 0 spiro atoms. The average Bonchev–Trinajstić information content (AvgIpc) is 3.73. The van der Waals surface area contributed by atoms with Crippen LogP contribution >= 0.6 is 0 Å². The molecule has 0 saturated heterocycles. The van der Waals surface area contributed by atoms with Crippen molar-refractivity contribution >= 4 is 39.2 Å². The van der Waals surface area contributed by atoms with Crippen LogP contribution in [0.15, 0.2) is 122 Å². The first kappa shape index (κ1) is 21.5. The van der Waals surface area contributed by atoms with Crippen LogP contribution in [0.1, 0.15) is 34.6 Å². The van der Waals surface area contributed by atoms with Crippen molar-refractivity contribution in [3.05, 3.63) is 141 Å². The van der Waals surface area contributed by atoms with Crippen molar-refractivity contribution in [3.8, 4) is 0 Å². The second-order valence-electron chi connectivity index (χ2n) is 10.2. The molecule has 40 heavy (non-hydrogen) atoms. The summed E-state index contributed by atoms with van der Waals surface area (Å²) in [7, 11) is 0. The van der Waals surface area contributed by atoms with Crippen molar-refractivity contribution in [1.29, 1.82) is 0 Å². The highest BCUT2D eigenvalue weighted by molar-refractivity contribution is 6.23. The van der Waals surface area contributed by atoms with Crippen LogP contribution in [0.4, 0.5) is 0 Å². The number of rotatable bonds is 0. The molecule has 5 heterocycles. The highest BCUT2D eigenvalue weighted by atomic mass is 15.1. The number of nitrogens with one attached hydrogen (secondary N) is 2. The number of hydrogen-bond donors (Lipinski definition) is 2. The van der Waals surface area contributed by atoms with Gasteiger partial charge < -0.3 is 9.97 Å². The van der Waals surface area contributed by atoms with Gasteiger partial charge in [0.05, 0.1) is 5.71 Å². The van der Waals surface area contributed by atoms with Gasteiger partial charge in [-0.3, -0.25) is 4.99 Å². The third-order valence-corrected chi connectivity index (χ3v) is 7.90. The van der Waals surface area contributed by atoms with E-state index in [0.717, 1.165) is 71.3 Å². The molecule has 2 aromatic heterocycles.